The topological polar surface area (TPSA) is 146 Å². The minimum Gasteiger partial charge on any atom is -0.373 e. The van der Waals surface area contributed by atoms with Gasteiger partial charge in [0.25, 0.3) is 5.91 Å². The number of H-pyrrole nitrogens is 1. The standard InChI is InChI=1S/C22H22N8O3/c1-13(14-7-10-24-28-14)25-21-23-9-6-17(27-21)15-4-3-5-16(26-15)18-12-19(33-29-18)22(32)8-11-30(2)20(22)31/h3-7,9-10,12-13,32H,8,11H2,1-2H3,(H,24,28)(H,23,25,27). The predicted octanol–water partition coefficient (Wildman–Crippen LogP) is 2.14. The van der Waals surface area contributed by atoms with Gasteiger partial charge in [-0.2, -0.15) is 5.10 Å². The molecule has 2 atom stereocenters. The second-order valence-electron chi connectivity index (χ2n) is 7.96. The van der Waals surface area contributed by atoms with Crippen LogP contribution in [0.15, 0.2) is 53.3 Å². The smallest absolute Gasteiger partial charge is 0.262 e. The molecule has 1 saturated heterocycles. The van der Waals surface area contributed by atoms with Crippen LogP contribution in [0.2, 0.25) is 0 Å². The van der Waals surface area contributed by atoms with E-state index < -0.39 is 11.5 Å². The average molecular weight is 446 g/mol. The summed E-state index contributed by atoms with van der Waals surface area (Å²) in [6.45, 7) is 2.42. The van der Waals surface area contributed by atoms with Crippen molar-refractivity contribution in [1.82, 2.24) is 35.2 Å². The van der Waals surface area contributed by atoms with Gasteiger partial charge in [-0.25, -0.2) is 15.0 Å². The maximum absolute atomic E-state index is 12.3. The number of hydrogen-bond donors (Lipinski definition) is 3. The monoisotopic (exact) mass is 446 g/mol. The van der Waals surface area contributed by atoms with Gasteiger partial charge in [0.05, 0.1) is 28.8 Å². The van der Waals surface area contributed by atoms with E-state index in [1.54, 1.807) is 37.6 Å². The Hall–Kier alpha value is -4.12. The van der Waals surface area contributed by atoms with E-state index in [0.717, 1.165) is 5.69 Å². The first-order valence-electron chi connectivity index (χ1n) is 10.5. The molecule has 11 nitrogen and oxygen atoms in total. The third kappa shape index (κ3) is 3.82. The number of hydrogen-bond acceptors (Lipinski definition) is 9. The lowest BCUT2D eigenvalue weighted by Gasteiger charge is -2.16. The number of aliphatic hydroxyl groups is 1. The first-order chi connectivity index (χ1) is 15.9. The number of nitrogens with zero attached hydrogens (tertiary/aromatic N) is 6. The van der Waals surface area contributed by atoms with E-state index in [1.165, 1.54) is 4.90 Å². The highest BCUT2D eigenvalue weighted by molar-refractivity contribution is 5.87. The molecular weight excluding hydrogens is 424 g/mol. The Labute approximate surface area is 188 Å². The van der Waals surface area contributed by atoms with Crippen molar-refractivity contribution in [2.24, 2.45) is 0 Å². The van der Waals surface area contributed by atoms with Crippen molar-refractivity contribution in [2.45, 2.75) is 25.0 Å². The Kier molecular flexibility index (Phi) is 5.09. The summed E-state index contributed by atoms with van der Waals surface area (Å²) in [5.74, 6) is 0.161. The van der Waals surface area contributed by atoms with Crippen molar-refractivity contribution in [3.63, 3.8) is 0 Å². The number of aromatic nitrogens is 6. The Morgan fingerprint density at radius 1 is 1.15 bits per heavy atom. The van der Waals surface area contributed by atoms with Gasteiger partial charge in [0, 0.05) is 38.5 Å². The minimum absolute atomic E-state index is 0.0567. The number of rotatable bonds is 6. The summed E-state index contributed by atoms with van der Waals surface area (Å²) in [6, 6.07) is 10.6. The van der Waals surface area contributed by atoms with Gasteiger partial charge in [0.2, 0.25) is 11.5 Å². The highest BCUT2D eigenvalue weighted by Gasteiger charge is 2.48. The summed E-state index contributed by atoms with van der Waals surface area (Å²) < 4.78 is 5.34. The second-order valence-corrected chi connectivity index (χ2v) is 7.96. The van der Waals surface area contributed by atoms with Crippen molar-refractivity contribution in [1.29, 1.82) is 0 Å². The number of likely N-dealkylation sites (N-methyl/N-ethyl adjacent to an activating group) is 1. The highest BCUT2D eigenvalue weighted by atomic mass is 16.5. The molecule has 5 rings (SSSR count). The molecule has 4 aromatic heterocycles. The zero-order chi connectivity index (χ0) is 23.0. The van der Waals surface area contributed by atoms with Crippen LogP contribution in [-0.4, -0.2) is 59.8 Å². The van der Waals surface area contributed by atoms with Crippen LogP contribution in [-0.2, 0) is 10.4 Å². The highest BCUT2D eigenvalue weighted by Crippen LogP contribution is 2.34. The SMILES string of the molecule is CC(Nc1nccc(-c2cccc(-c3cc(C4(O)CCN(C)C4=O)on3)n2)n1)c1ccn[nH]1. The molecule has 1 fully saturated rings. The molecule has 168 valence electrons. The van der Waals surface area contributed by atoms with Crippen molar-refractivity contribution >= 4 is 11.9 Å². The molecule has 1 aliphatic heterocycles. The van der Waals surface area contributed by atoms with E-state index in [1.807, 2.05) is 25.1 Å². The largest absolute Gasteiger partial charge is 0.373 e. The van der Waals surface area contributed by atoms with Gasteiger partial charge in [-0.3, -0.25) is 9.89 Å². The number of carbonyl (C=O) groups excluding carboxylic acids is 1. The van der Waals surface area contributed by atoms with Crippen LogP contribution in [0.4, 0.5) is 5.95 Å². The van der Waals surface area contributed by atoms with Crippen molar-refractivity contribution in [3.8, 4) is 22.8 Å². The third-order valence-electron chi connectivity index (χ3n) is 5.69. The van der Waals surface area contributed by atoms with E-state index >= 15 is 0 Å². The number of aromatic amines is 1. The summed E-state index contributed by atoms with van der Waals surface area (Å²) in [5.41, 5.74) is 1.41. The van der Waals surface area contributed by atoms with Gasteiger partial charge >= 0.3 is 0 Å². The molecule has 33 heavy (non-hydrogen) atoms. The molecule has 2 unspecified atom stereocenters. The van der Waals surface area contributed by atoms with Crippen LogP contribution in [0.1, 0.15) is 30.8 Å². The molecule has 1 amide bonds. The lowest BCUT2D eigenvalue weighted by molar-refractivity contribution is -0.144. The fourth-order valence-electron chi connectivity index (χ4n) is 3.74. The van der Waals surface area contributed by atoms with Crippen LogP contribution in [0.25, 0.3) is 22.8 Å². The molecule has 0 spiro atoms. The number of amides is 1. The molecule has 3 N–H and O–H groups in total. The zero-order valence-corrected chi connectivity index (χ0v) is 18.1. The van der Waals surface area contributed by atoms with Crippen LogP contribution < -0.4 is 5.32 Å². The maximum atomic E-state index is 12.3. The lowest BCUT2D eigenvalue weighted by Crippen LogP contribution is -2.35. The molecule has 0 radical (unpaired) electrons. The van der Waals surface area contributed by atoms with Crippen LogP contribution >= 0.6 is 0 Å². The second kappa shape index (κ2) is 8.10. The molecule has 0 aliphatic carbocycles. The van der Waals surface area contributed by atoms with Gasteiger partial charge in [0.1, 0.15) is 5.69 Å². The molecule has 4 aromatic rings. The molecule has 5 heterocycles. The Balaban J connectivity index is 1.39. The van der Waals surface area contributed by atoms with E-state index in [0.29, 0.717) is 35.3 Å². The first kappa shape index (κ1) is 20.8. The fraction of sp³-hybridized carbons (Fsp3) is 0.273. The maximum Gasteiger partial charge on any atom is 0.262 e. The van der Waals surface area contributed by atoms with Crippen molar-refractivity contribution in [2.75, 3.05) is 18.9 Å². The molecule has 0 bridgehead atoms. The summed E-state index contributed by atoms with van der Waals surface area (Å²) >= 11 is 0. The molecule has 1 aliphatic rings. The van der Waals surface area contributed by atoms with Crippen LogP contribution in [0, 0.1) is 0 Å². The molecule has 0 aromatic carbocycles. The molecule has 11 heteroatoms. The van der Waals surface area contributed by atoms with Gasteiger partial charge < -0.3 is 19.8 Å². The average Bonchev–Trinajstić information content (AvgIpc) is 3.59. The summed E-state index contributed by atoms with van der Waals surface area (Å²) in [4.78, 5) is 27.3. The predicted molar refractivity (Wildman–Crippen MR) is 118 cm³/mol. The van der Waals surface area contributed by atoms with Crippen LogP contribution in [0.5, 0.6) is 0 Å². The number of likely N-dealkylation sites (tertiary alicyclic amines) is 1. The van der Waals surface area contributed by atoms with Crippen LogP contribution in [0.3, 0.4) is 0 Å². The summed E-state index contributed by atoms with van der Waals surface area (Å²) in [5, 5.41) is 24.9. The van der Waals surface area contributed by atoms with E-state index in [9.17, 15) is 9.90 Å². The number of carbonyl (C=O) groups is 1. The Morgan fingerprint density at radius 3 is 2.67 bits per heavy atom. The van der Waals surface area contributed by atoms with E-state index in [-0.39, 0.29) is 18.2 Å². The van der Waals surface area contributed by atoms with E-state index in [4.69, 9.17) is 4.52 Å². The van der Waals surface area contributed by atoms with E-state index in [2.05, 4.69) is 35.6 Å². The summed E-state index contributed by atoms with van der Waals surface area (Å²) in [7, 11) is 1.64. The lowest BCUT2D eigenvalue weighted by atomic mass is 9.98. The number of pyridine rings is 1. The third-order valence-corrected chi connectivity index (χ3v) is 5.69. The normalized spacial score (nSPS) is 19.1. The minimum atomic E-state index is -1.70. The molecular formula is C22H22N8O3. The van der Waals surface area contributed by atoms with Gasteiger partial charge in [0.15, 0.2) is 5.76 Å². The number of nitrogens with one attached hydrogen (secondary N) is 2. The number of anilines is 1. The Bertz CT molecular complexity index is 1290. The van der Waals surface area contributed by atoms with Gasteiger partial charge in [-0.05, 0) is 31.2 Å². The first-order valence-corrected chi connectivity index (χ1v) is 10.5. The molecule has 0 saturated carbocycles. The fourth-order valence-corrected chi connectivity index (χ4v) is 3.74. The quantitative estimate of drug-likeness (QED) is 0.405. The summed E-state index contributed by atoms with van der Waals surface area (Å²) in [6.07, 6.45) is 3.60. The zero-order valence-electron chi connectivity index (χ0n) is 18.1. The van der Waals surface area contributed by atoms with Crippen molar-refractivity contribution in [3.05, 3.63) is 60.2 Å². The van der Waals surface area contributed by atoms with Gasteiger partial charge in [-0.1, -0.05) is 11.2 Å². The Morgan fingerprint density at radius 2 is 1.94 bits per heavy atom. The van der Waals surface area contributed by atoms with Crippen molar-refractivity contribution < 1.29 is 14.4 Å². The van der Waals surface area contributed by atoms with Gasteiger partial charge in [-0.15, -0.1) is 0 Å².